The van der Waals surface area contributed by atoms with Crippen LogP contribution in [0.4, 0.5) is 8.78 Å². The van der Waals surface area contributed by atoms with Gasteiger partial charge in [-0.05, 0) is 12.1 Å². The molecule has 0 spiro atoms. The molecule has 0 saturated heterocycles. The van der Waals surface area contributed by atoms with E-state index < -0.39 is 11.3 Å². The molecule has 0 unspecified atom stereocenters. The Morgan fingerprint density at radius 3 is 2.71 bits per heavy atom. The molecule has 92 valence electrons. The van der Waals surface area contributed by atoms with E-state index in [-0.39, 0.29) is 12.1 Å². The monoisotopic (exact) mass is 239 g/mol. The molecule has 2 rings (SSSR count). The molecule has 0 aliphatic rings. The lowest BCUT2D eigenvalue weighted by molar-refractivity contribution is -0.108. The van der Waals surface area contributed by atoms with Gasteiger partial charge in [0.1, 0.15) is 0 Å². The van der Waals surface area contributed by atoms with Crippen LogP contribution in [0.1, 0.15) is 19.4 Å². The zero-order valence-corrected chi connectivity index (χ0v) is 9.80. The maximum atomic E-state index is 14.3. The molecule has 5 heteroatoms. The minimum Gasteiger partial charge on any atom is -0.345 e. The molecule has 2 aromatic rings. The SMILES string of the molecule is CC(C)(CN)C(F)(F)c1ccc2nc[nH]c2c1. The summed E-state index contributed by atoms with van der Waals surface area (Å²) < 4.78 is 28.5. The Morgan fingerprint density at radius 1 is 1.35 bits per heavy atom. The highest BCUT2D eigenvalue weighted by atomic mass is 19.3. The summed E-state index contributed by atoms with van der Waals surface area (Å²) in [5.41, 5.74) is 5.39. The molecule has 0 bridgehead atoms. The molecule has 0 saturated carbocycles. The number of fused-ring (bicyclic) bond motifs is 1. The normalized spacial score (nSPS) is 13.2. The van der Waals surface area contributed by atoms with Gasteiger partial charge < -0.3 is 10.7 Å². The van der Waals surface area contributed by atoms with E-state index in [0.29, 0.717) is 11.0 Å². The van der Waals surface area contributed by atoms with Crippen molar-refractivity contribution in [2.45, 2.75) is 19.8 Å². The number of nitrogens with zero attached hydrogens (tertiary/aromatic N) is 1. The average Bonchev–Trinajstić information content (AvgIpc) is 2.75. The summed E-state index contributed by atoms with van der Waals surface area (Å²) in [6.07, 6.45) is 1.49. The van der Waals surface area contributed by atoms with E-state index in [4.69, 9.17) is 5.73 Å². The van der Waals surface area contributed by atoms with Crippen LogP contribution in [-0.2, 0) is 5.92 Å². The number of imidazole rings is 1. The van der Waals surface area contributed by atoms with Gasteiger partial charge in [0, 0.05) is 17.5 Å². The van der Waals surface area contributed by atoms with Gasteiger partial charge in [-0.3, -0.25) is 0 Å². The van der Waals surface area contributed by atoms with Gasteiger partial charge in [-0.25, -0.2) is 13.8 Å². The predicted octanol–water partition coefficient (Wildman–Crippen LogP) is 2.64. The molecule has 0 amide bonds. The molecule has 1 heterocycles. The molecule has 0 aliphatic heterocycles. The lowest BCUT2D eigenvalue weighted by atomic mass is 9.81. The van der Waals surface area contributed by atoms with Crippen LogP contribution in [0.5, 0.6) is 0 Å². The summed E-state index contributed by atoms with van der Waals surface area (Å²) in [7, 11) is 0. The van der Waals surface area contributed by atoms with Crippen LogP contribution >= 0.6 is 0 Å². The number of aromatic amines is 1. The summed E-state index contributed by atoms with van der Waals surface area (Å²) in [5, 5.41) is 0. The van der Waals surface area contributed by atoms with Gasteiger partial charge in [-0.1, -0.05) is 19.9 Å². The van der Waals surface area contributed by atoms with Gasteiger partial charge >= 0.3 is 0 Å². The second kappa shape index (κ2) is 3.77. The number of aromatic nitrogens is 2. The number of rotatable bonds is 3. The highest BCUT2D eigenvalue weighted by Gasteiger charge is 2.47. The van der Waals surface area contributed by atoms with Crippen molar-refractivity contribution in [3.05, 3.63) is 30.1 Å². The van der Waals surface area contributed by atoms with E-state index >= 15 is 0 Å². The molecule has 1 aromatic carbocycles. The topological polar surface area (TPSA) is 54.7 Å². The van der Waals surface area contributed by atoms with E-state index in [1.165, 1.54) is 32.3 Å². The standard InChI is InChI=1S/C12H15F2N3/c1-11(2,6-15)12(13,14)8-3-4-9-10(5-8)17-7-16-9/h3-5,7H,6,15H2,1-2H3,(H,16,17). The third-order valence-corrected chi connectivity index (χ3v) is 3.14. The molecule has 0 atom stereocenters. The van der Waals surface area contributed by atoms with Crippen LogP contribution in [0.25, 0.3) is 11.0 Å². The summed E-state index contributed by atoms with van der Waals surface area (Å²) in [6.45, 7) is 2.84. The zero-order chi connectivity index (χ0) is 12.7. The van der Waals surface area contributed by atoms with Crippen molar-refractivity contribution in [3.63, 3.8) is 0 Å². The predicted molar refractivity (Wildman–Crippen MR) is 62.8 cm³/mol. The molecule has 0 aliphatic carbocycles. The Labute approximate surface area is 98.0 Å². The van der Waals surface area contributed by atoms with Crippen LogP contribution in [0.3, 0.4) is 0 Å². The Balaban J connectivity index is 2.51. The van der Waals surface area contributed by atoms with Gasteiger partial charge in [0.05, 0.1) is 17.4 Å². The van der Waals surface area contributed by atoms with Crippen molar-refractivity contribution in [2.75, 3.05) is 6.54 Å². The van der Waals surface area contributed by atoms with Crippen molar-refractivity contribution in [1.29, 1.82) is 0 Å². The number of alkyl halides is 2. The Bertz CT molecular complexity index is 531. The van der Waals surface area contributed by atoms with Crippen LogP contribution in [-0.4, -0.2) is 16.5 Å². The van der Waals surface area contributed by atoms with Crippen LogP contribution < -0.4 is 5.73 Å². The number of nitrogens with one attached hydrogen (secondary N) is 1. The van der Waals surface area contributed by atoms with Crippen LogP contribution in [0.15, 0.2) is 24.5 Å². The van der Waals surface area contributed by atoms with Gasteiger partial charge in [-0.15, -0.1) is 0 Å². The summed E-state index contributed by atoms with van der Waals surface area (Å²) in [4.78, 5) is 6.82. The molecule has 3 nitrogen and oxygen atoms in total. The van der Waals surface area contributed by atoms with E-state index in [1.54, 1.807) is 6.07 Å². The molecular weight excluding hydrogens is 224 g/mol. The molecule has 3 N–H and O–H groups in total. The fourth-order valence-corrected chi connectivity index (χ4v) is 1.65. The first-order chi connectivity index (χ1) is 7.88. The average molecular weight is 239 g/mol. The third-order valence-electron chi connectivity index (χ3n) is 3.14. The Hall–Kier alpha value is -1.49. The van der Waals surface area contributed by atoms with Gasteiger partial charge in [0.25, 0.3) is 5.92 Å². The van der Waals surface area contributed by atoms with E-state index in [1.807, 2.05) is 0 Å². The Morgan fingerprint density at radius 2 is 2.06 bits per heavy atom. The van der Waals surface area contributed by atoms with Crippen molar-refractivity contribution in [3.8, 4) is 0 Å². The van der Waals surface area contributed by atoms with Crippen molar-refractivity contribution < 1.29 is 8.78 Å². The quantitative estimate of drug-likeness (QED) is 0.865. The third kappa shape index (κ3) is 1.80. The highest BCUT2D eigenvalue weighted by Crippen LogP contribution is 2.44. The largest absolute Gasteiger partial charge is 0.345 e. The van der Waals surface area contributed by atoms with Crippen LogP contribution in [0.2, 0.25) is 0 Å². The van der Waals surface area contributed by atoms with Crippen molar-refractivity contribution >= 4 is 11.0 Å². The van der Waals surface area contributed by atoms with Gasteiger partial charge in [0.15, 0.2) is 0 Å². The lowest BCUT2D eigenvalue weighted by Gasteiger charge is -2.33. The minimum atomic E-state index is -2.97. The van der Waals surface area contributed by atoms with Gasteiger partial charge in [0.2, 0.25) is 0 Å². The second-order valence-electron chi connectivity index (χ2n) is 4.80. The summed E-state index contributed by atoms with van der Waals surface area (Å²) in [6, 6.07) is 4.42. The number of benzene rings is 1. The first-order valence-electron chi connectivity index (χ1n) is 5.40. The van der Waals surface area contributed by atoms with Crippen molar-refractivity contribution in [2.24, 2.45) is 11.1 Å². The van der Waals surface area contributed by atoms with Crippen molar-refractivity contribution in [1.82, 2.24) is 9.97 Å². The number of nitrogens with two attached hydrogens (primary N) is 1. The van der Waals surface area contributed by atoms with E-state index in [9.17, 15) is 8.78 Å². The van der Waals surface area contributed by atoms with Gasteiger partial charge in [-0.2, -0.15) is 0 Å². The first kappa shape index (κ1) is 12.0. The molecule has 0 fully saturated rings. The highest BCUT2D eigenvalue weighted by molar-refractivity contribution is 5.75. The number of H-pyrrole nitrogens is 1. The number of hydrogen-bond donors (Lipinski definition) is 2. The fraction of sp³-hybridized carbons (Fsp3) is 0.417. The molecule has 17 heavy (non-hydrogen) atoms. The minimum absolute atomic E-state index is 0.0373. The number of halogens is 2. The Kier molecular flexibility index (Phi) is 2.66. The van der Waals surface area contributed by atoms with Crippen LogP contribution in [0, 0.1) is 5.41 Å². The maximum Gasteiger partial charge on any atom is 0.279 e. The molecule has 1 aromatic heterocycles. The second-order valence-corrected chi connectivity index (χ2v) is 4.80. The number of hydrogen-bond acceptors (Lipinski definition) is 2. The fourth-order valence-electron chi connectivity index (χ4n) is 1.65. The maximum absolute atomic E-state index is 14.3. The lowest BCUT2D eigenvalue weighted by Crippen LogP contribution is -2.40. The molecule has 0 radical (unpaired) electrons. The first-order valence-corrected chi connectivity index (χ1v) is 5.40. The van der Waals surface area contributed by atoms with E-state index in [0.717, 1.165) is 0 Å². The zero-order valence-electron chi connectivity index (χ0n) is 9.80. The smallest absolute Gasteiger partial charge is 0.279 e. The molecular formula is C12H15F2N3. The summed E-state index contributed by atoms with van der Waals surface area (Å²) in [5.74, 6) is -2.97. The summed E-state index contributed by atoms with van der Waals surface area (Å²) >= 11 is 0. The van der Waals surface area contributed by atoms with E-state index in [2.05, 4.69) is 9.97 Å².